The summed E-state index contributed by atoms with van der Waals surface area (Å²) in [7, 11) is 2.22. The van der Waals surface area contributed by atoms with E-state index in [-0.39, 0.29) is 0 Å². The first-order valence-corrected chi connectivity index (χ1v) is 7.90. The molecule has 2 aliphatic rings. The molecule has 0 aliphatic carbocycles. The number of para-hydroxylation sites is 1. The molecule has 0 amide bonds. The maximum Gasteiger partial charge on any atom is 0.0719 e. The topological polar surface area (TPSA) is 6.48 Å². The summed E-state index contributed by atoms with van der Waals surface area (Å²) in [6.07, 6.45) is 0. The van der Waals surface area contributed by atoms with Crippen LogP contribution in [0.3, 0.4) is 0 Å². The minimum Gasteiger partial charge on any atom is -0.349 e. The van der Waals surface area contributed by atoms with Crippen LogP contribution in [0, 0.1) is 0 Å². The largest absolute Gasteiger partial charge is 0.349 e. The molecule has 2 nitrogen and oxygen atoms in total. The lowest BCUT2D eigenvalue weighted by atomic mass is 10.00. The van der Waals surface area contributed by atoms with Crippen LogP contribution >= 0.6 is 11.8 Å². The summed E-state index contributed by atoms with van der Waals surface area (Å²) >= 11 is 1.90. The van der Waals surface area contributed by atoms with Gasteiger partial charge in [0.1, 0.15) is 0 Å². The molecule has 1 fully saturated rings. The van der Waals surface area contributed by atoms with Crippen molar-refractivity contribution in [1.82, 2.24) is 4.90 Å². The van der Waals surface area contributed by atoms with E-state index in [1.807, 2.05) is 11.8 Å². The molecule has 0 spiro atoms. The van der Waals surface area contributed by atoms with Crippen molar-refractivity contribution >= 4 is 17.4 Å². The highest BCUT2D eigenvalue weighted by molar-refractivity contribution is 7.99. The fraction of sp³-hybridized carbons (Fsp3) is 0.294. The predicted molar refractivity (Wildman–Crippen MR) is 84.3 cm³/mol. The Bertz CT molecular complexity index is 655. The van der Waals surface area contributed by atoms with E-state index in [2.05, 4.69) is 72.3 Å². The van der Waals surface area contributed by atoms with E-state index in [0.717, 1.165) is 6.67 Å². The van der Waals surface area contributed by atoms with Gasteiger partial charge in [0, 0.05) is 15.8 Å². The first kappa shape index (κ1) is 12.3. The summed E-state index contributed by atoms with van der Waals surface area (Å²) in [5.41, 5.74) is 2.83. The van der Waals surface area contributed by atoms with Gasteiger partial charge in [-0.3, -0.25) is 4.90 Å². The molecule has 2 heterocycles. The van der Waals surface area contributed by atoms with Crippen molar-refractivity contribution in [3.05, 3.63) is 54.1 Å². The average molecular weight is 282 g/mol. The van der Waals surface area contributed by atoms with Gasteiger partial charge in [0.2, 0.25) is 0 Å². The van der Waals surface area contributed by atoms with E-state index in [4.69, 9.17) is 0 Å². The Morgan fingerprint density at radius 2 is 1.70 bits per heavy atom. The summed E-state index contributed by atoms with van der Waals surface area (Å²) in [5, 5.41) is 0. The molecular formula is C17H18N2S. The number of hydrogen-bond donors (Lipinski definition) is 0. The molecule has 0 aromatic heterocycles. The summed E-state index contributed by atoms with van der Waals surface area (Å²) in [6, 6.07) is 18.6. The van der Waals surface area contributed by atoms with Crippen molar-refractivity contribution in [2.75, 3.05) is 18.6 Å². The van der Waals surface area contributed by atoms with Crippen molar-refractivity contribution in [2.24, 2.45) is 0 Å². The Balaban J connectivity index is 1.96. The number of nitrogens with zero attached hydrogens (tertiary/aromatic N) is 2. The lowest BCUT2D eigenvalue weighted by Gasteiger charge is -2.27. The molecule has 4 rings (SSSR count). The van der Waals surface area contributed by atoms with Crippen LogP contribution in [0.1, 0.15) is 18.5 Å². The molecular weight excluding hydrogens is 264 g/mol. The second kappa shape index (κ2) is 4.54. The van der Waals surface area contributed by atoms with Gasteiger partial charge >= 0.3 is 0 Å². The number of fused-ring (bicyclic) bond motifs is 5. The molecule has 0 N–H and O–H groups in total. The molecule has 0 radical (unpaired) electrons. The van der Waals surface area contributed by atoms with Gasteiger partial charge in [-0.25, -0.2) is 0 Å². The van der Waals surface area contributed by atoms with E-state index in [9.17, 15) is 0 Å². The van der Waals surface area contributed by atoms with Crippen LogP contribution in [0.15, 0.2) is 58.3 Å². The van der Waals surface area contributed by atoms with Crippen molar-refractivity contribution in [1.29, 1.82) is 0 Å². The van der Waals surface area contributed by atoms with Gasteiger partial charge in [-0.2, -0.15) is 0 Å². The summed E-state index contributed by atoms with van der Waals surface area (Å²) in [5.74, 6) is 0. The van der Waals surface area contributed by atoms with Crippen LogP contribution in [0.25, 0.3) is 0 Å². The average Bonchev–Trinajstić information content (AvgIpc) is 2.68. The van der Waals surface area contributed by atoms with Crippen LogP contribution in [0.2, 0.25) is 0 Å². The van der Waals surface area contributed by atoms with Gasteiger partial charge in [0.25, 0.3) is 0 Å². The highest BCUT2D eigenvalue weighted by Crippen LogP contribution is 2.49. The Hall–Kier alpha value is -1.45. The van der Waals surface area contributed by atoms with Crippen molar-refractivity contribution in [2.45, 2.75) is 28.8 Å². The zero-order valence-electron chi connectivity index (χ0n) is 11.8. The van der Waals surface area contributed by atoms with E-state index in [0.29, 0.717) is 12.1 Å². The minimum atomic E-state index is 0.451. The SMILES string of the molecule is CC1C2c3ccccc3Sc3ccccc3N2CN1C. The monoisotopic (exact) mass is 282 g/mol. The van der Waals surface area contributed by atoms with Gasteiger partial charge in [0.15, 0.2) is 0 Å². The Labute approximate surface area is 124 Å². The first-order valence-electron chi connectivity index (χ1n) is 7.08. The van der Waals surface area contributed by atoms with Crippen LogP contribution in [-0.2, 0) is 0 Å². The third-order valence-electron chi connectivity index (χ3n) is 4.50. The highest BCUT2D eigenvalue weighted by Gasteiger charge is 2.39. The van der Waals surface area contributed by atoms with Crippen LogP contribution in [0.4, 0.5) is 5.69 Å². The smallest absolute Gasteiger partial charge is 0.0719 e. The number of likely N-dealkylation sites (N-methyl/N-ethyl adjacent to an activating group) is 1. The van der Waals surface area contributed by atoms with Gasteiger partial charge < -0.3 is 4.90 Å². The van der Waals surface area contributed by atoms with Crippen molar-refractivity contribution < 1.29 is 0 Å². The van der Waals surface area contributed by atoms with Crippen molar-refractivity contribution in [3.63, 3.8) is 0 Å². The maximum atomic E-state index is 2.55. The normalized spacial score (nSPS) is 24.8. The van der Waals surface area contributed by atoms with Crippen molar-refractivity contribution in [3.8, 4) is 0 Å². The molecule has 1 saturated heterocycles. The summed E-state index contributed by atoms with van der Waals surface area (Å²) in [4.78, 5) is 7.76. The zero-order chi connectivity index (χ0) is 13.7. The molecule has 2 aromatic carbocycles. The quantitative estimate of drug-likeness (QED) is 0.721. The molecule has 2 aliphatic heterocycles. The van der Waals surface area contributed by atoms with E-state index < -0.39 is 0 Å². The zero-order valence-corrected chi connectivity index (χ0v) is 12.6. The second-order valence-electron chi connectivity index (χ2n) is 5.66. The fourth-order valence-electron chi connectivity index (χ4n) is 3.33. The van der Waals surface area contributed by atoms with Gasteiger partial charge in [0.05, 0.1) is 18.4 Å². The highest BCUT2D eigenvalue weighted by atomic mass is 32.2. The second-order valence-corrected chi connectivity index (χ2v) is 6.75. The fourth-order valence-corrected chi connectivity index (χ4v) is 4.46. The van der Waals surface area contributed by atoms with Crippen LogP contribution < -0.4 is 4.90 Å². The molecule has 2 atom stereocenters. The van der Waals surface area contributed by atoms with E-state index in [1.54, 1.807) is 0 Å². The molecule has 0 bridgehead atoms. The third-order valence-corrected chi connectivity index (χ3v) is 5.65. The van der Waals surface area contributed by atoms with Gasteiger partial charge in [-0.15, -0.1) is 0 Å². The third kappa shape index (κ3) is 1.70. The Morgan fingerprint density at radius 1 is 1.00 bits per heavy atom. The minimum absolute atomic E-state index is 0.451. The molecule has 20 heavy (non-hydrogen) atoms. The number of anilines is 1. The summed E-state index contributed by atoms with van der Waals surface area (Å²) in [6.45, 7) is 3.33. The molecule has 3 heteroatoms. The summed E-state index contributed by atoms with van der Waals surface area (Å²) < 4.78 is 0. The number of rotatable bonds is 0. The molecule has 2 aromatic rings. The van der Waals surface area contributed by atoms with E-state index >= 15 is 0 Å². The Morgan fingerprint density at radius 3 is 2.55 bits per heavy atom. The Kier molecular flexibility index (Phi) is 2.79. The molecule has 2 unspecified atom stereocenters. The lowest BCUT2D eigenvalue weighted by molar-refractivity contribution is 0.317. The first-order chi connectivity index (χ1) is 9.75. The van der Waals surface area contributed by atoms with Crippen LogP contribution in [-0.4, -0.2) is 24.7 Å². The number of benzene rings is 2. The van der Waals surface area contributed by atoms with Gasteiger partial charge in [-0.1, -0.05) is 42.1 Å². The van der Waals surface area contributed by atoms with Gasteiger partial charge in [-0.05, 0) is 37.7 Å². The van der Waals surface area contributed by atoms with Crippen LogP contribution in [0.5, 0.6) is 0 Å². The molecule has 102 valence electrons. The predicted octanol–water partition coefficient (Wildman–Crippen LogP) is 3.99. The molecule has 0 saturated carbocycles. The number of hydrogen-bond acceptors (Lipinski definition) is 3. The standard InChI is InChI=1S/C17H18N2S/c1-12-17-13-7-3-5-9-15(13)20-16-10-6-4-8-14(16)19(17)11-18(12)2/h3-10,12,17H,11H2,1-2H3. The lowest BCUT2D eigenvalue weighted by Crippen LogP contribution is -2.26. The van der Waals surface area contributed by atoms with E-state index in [1.165, 1.54) is 21.0 Å². The maximum absolute atomic E-state index is 2.55.